The number of benzene rings is 1. The molecule has 0 saturated carbocycles. The number of pyridine rings is 1. The molecule has 0 atom stereocenters. The molecular weight excluding hydrogens is 264 g/mol. The molecular formula is C17H16N2O2. The fourth-order valence-electron chi connectivity index (χ4n) is 1.92. The maximum absolute atomic E-state index is 12.4. The SMILES string of the molecule is Cc1cncc(NC(=O)c2ccc(C)cc2C#CCO)c1. The Labute approximate surface area is 123 Å². The second kappa shape index (κ2) is 6.69. The number of carbonyl (C=O) groups excluding carboxylic acids is 1. The number of hydrogen-bond acceptors (Lipinski definition) is 3. The normalized spacial score (nSPS) is 9.67. The van der Waals surface area contributed by atoms with Gasteiger partial charge in [0.1, 0.15) is 6.61 Å². The molecule has 1 heterocycles. The van der Waals surface area contributed by atoms with E-state index < -0.39 is 0 Å². The lowest BCUT2D eigenvalue weighted by Crippen LogP contribution is -2.14. The van der Waals surface area contributed by atoms with Crippen molar-refractivity contribution >= 4 is 11.6 Å². The molecule has 21 heavy (non-hydrogen) atoms. The number of nitrogens with zero attached hydrogens (tertiary/aromatic N) is 1. The molecule has 0 aliphatic heterocycles. The van der Waals surface area contributed by atoms with Crippen LogP contribution in [0.3, 0.4) is 0 Å². The largest absolute Gasteiger partial charge is 0.384 e. The number of amides is 1. The molecule has 2 N–H and O–H groups in total. The summed E-state index contributed by atoms with van der Waals surface area (Å²) in [6.45, 7) is 3.60. The summed E-state index contributed by atoms with van der Waals surface area (Å²) in [5.41, 5.74) is 3.69. The maximum atomic E-state index is 12.4. The highest BCUT2D eigenvalue weighted by Gasteiger charge is 2.11. The molecule has 0 saturated heterocycles. The molecule has 0 aliphatic carbocycles. The number of aliphatic hydroxyl groups is 1. The molecule has 106 valence electrons. The average molecular weight is 280 g/mol. The summed E-state index contributed by atoms with van der Waals surface area (Å²) in [6.07, 6.45) is 3.32. The van der Waals surface area contributed by atoms with E-state index in [-0.39, 0.29) is 12.5 Å². The average Bonchev–Trinajstić information content (AvgIpc) is 2.45. The Balaban J connectivity index is 2.30. The minimum Gasteiger partial charge on any atom is -0.384 e. The van der Waals surface area contributed by atoms with Crippen LogP contribution < -0.4 is 5.32 Å². The van der Waals surface area contributed by atoms with Crippen LogP contribution in [-0.4, -0.2) is 22.6 Å². The molecule has 4 heteroatoms. The van der Waals surface area contributed by atoms with E-state index in [2.05, 4.69) is 22.1 Å². The molecule has 2 aromatic rings. The lowest BCUT2D eigenvalue weighted by atomic mass is 10.0. The van der Waals surface area contributed by atoms with Gasteiger partial charge in [-0.25, -0.2) is 0 Å². The van der Waals surface area contributed by atoms with Crippen molar-refractivity contribution in [3.8, 4) is 11.8 Å². The maximum Gasteiger partial charge on any atom is 0.256 e. The first-order valence-corrected chi connectivity index (χ1v) is 6.53. The summed E-state index contributed by atoms with van der Waals surface area (Å²) in [6, 6.07) is 7.26. The van der Waals surface area contributed by atoms with Crippen LogP contribution in [0.15, 0.2) is 36.7 Å². The van der Waals surface area contributed by atoms with E-state index in [9.17, 15) is 4.79 Å². The molecule has 0 radical (unpaired) electrons. The smallest absolute Gasteiger partial charge is 0.256 e. The van der Waals surface area contributed by atoms with Gasteiger partial charge in [0.05, 0.1) is 17.4 Å². The highest BCUT2D eigenvalue weighted by Crippen LogP contribution is 2.14. The van der Waals surface area contributed by atoms with Gasteiger partial charge in [0, 0.05) is 11.8 Å². The fourth-order valence-corrected chi connectivity index (χ4v) is 1.92. The molecule has 0 aliphatic rings. The van der Waals surface area contributed by atoms with Gasteiger partial charge < -0.3 is 10.4 Å². The molecule has 0 unspecified atom stereocenters. The molecule has 2 rings (SSSR count). The zero-order valence-electron chi connectivity index (χ0n) is 12.0. The Morgan fingerprint density at radius 3 is 2.76 bits per heavy atom. The summed E-state index contributed by atoms with van der Waals surface area (Å²) in [5.74, 6) is 5.13. The number of aryl methyl sites for hydroxylation is 2. The molecule has 1 aromatic heterocycles. The Morgan fingerprint density at radius 2 is 2.05 bits per heavy atom. The van der Waals surface area contributed by atoms with E-state index in [1.54, 1.807) is 18.5 Å². The van der Waals surface area contributed by atoms with Gasteiger partial charge in [-0.15, -0.1) is 0 Å². The van der Waals surface area contributed by atoms with E-state index in [0.29, 0.717) is 16.8 Å². The monoisotopic (exact) mass is 280 g/mol. The minimum absolute atomic E-state index is 0.239. The second-order valence-electron chi connectivity index (χ2n) is 4.71. The van der Waals surface area contributed by atoms with Crippen LogP contribution in [0.25, 0.3) is 0 Å². The molecule has 1 aromatic carbocycles. The first kappa shape index (κ1) is 14.8. The summed E-state index contributed by atoms with van der Waals surface area (Å²) in [4.78, 5) is 16.4. The second-order valence-corrected chi connectivity index (χ2v) is 4.71. The lowest BCUT2D eigenvalue weighted by Gasteiger charge is -2.08. The van der Waals surface area contributed by atoms with Gasteiger partial charge in [0.2, 0.25) is 0 Å². The van der Waals surface area contributed by atoms with Gasteiger partial charge in [-0.05, 0) is 43.2 Å². The van der Waals surface area contributed by atoms with Gasteiger partial charge in [0.25, 0.3) is 5.91 Å². The summed E-state index contributed by atoms with van der Waals surface area (Å²) < 4.78 is 0. The van der Waals surface area contributed by atoms with Crippen molar-refractivity contribution in [1.29, 1.82) is 0 Å². The predicted octanol–water partition coefficient (Wildman–Crippen LogP) is 2.29. The van der Waals surface area contributed by atoms with Gasteiger partial charge in [0.15, 0.2) is 0 Å². The third-order valence-electron chi connectivity index (χ3n) is 2.85. The van der Waals surface area contributed by atoms with E-state index in [1.807, 2.05) is 32.0 Å². The predicted molar refractivity (Wildman–Crippen MR) is 82.1 cm³/mol. The molecule has 0 spiro atoms. The Bertz CT molecular complexity index is 727. The van der Waals surface area contributed by atoms with Crippen LogP contribution in [0.5, 0.6) is 0 Å². The van der Waals surface area contributed by atoms with Crippen LogP contribution in [-0.2, 0) is 0 Å². The Morgan fingerprint density at radius 1 is 1.24 bits per heavy atom. The fraction of sp³-hybridized carbons (Fsp3) is 0.176. The third kappa shape index (κ3) is 3.91. The highest BCUT2D eigenvalue weighted by atomic mass is 16.2. The zero-order chi connectivity index (χ0) is 15.2. The van der Waals surface area contributed by atoms with E-state index in [4.69, 9.17) is 5.11 Å². The van der Waals surface area contributed by atoms with Gasteiger partial charge in [-0.1, -0.05) is 17.9 Å². The van der Waals surface area contributed by atoms with Crippen molar-refractivity contribution in [1.82, 2.24) is 4.98 Å². The first-order valence-electron chi connectivity index (χ1n) is 6.53. The van der Waals surface area contributed by atoms with E-state index in [0.717, 1.165) is 11.1 Å². The topological polar surface area (TPSA) is 62.2 Å². The van der Waals surface area contributed by atoms with Crippen molar-refractivity contribution in [2.45, 2.75) is 13.8 Å². The minimum atomic E-state index is -0.246. The molecule has 4 nitrogen and oxygen atoms in total. The molecule has 1 amide bonds. The lowest BCUT2D eigenvalue weighted by molar-refractivity contribution is 0.102. The van der Waals surface area contributed by atoms with Crippen LogP contribution in [0.1, 0.15) is 27.0 Å². The third-order valence-corrected chi connectivity index (χ3v) is 2.85. The molecule has 0 fully saturated rings. The number of hydrogen-bond donors (Lipinski definition) is 2. The molecule has 0 bridgehead atoms. The van der Waals surface area contributed by atoms with Crippen molar-refractivity contribution < 1.29 is 9.90 Å². The number of rotatable bonds is 2. The van der Waals surface area contributed by atoms with Crippen molar-refractivity contribution in [2.24, 2.45) is 0 Å². The van der Waals surface area contributed by atoms with Crippen LogP contribution in [0.4, 0.5) is 5.69 Å². The number of anilines is 1. The van der Waals surface area contributed by atoms with Crippen LogP contribution in [0.2, 0.25) is 0 Å². The number of aliphatic hydroxyl groups excluding tert-OH is 1. The Kier molecular flexibility index (Phi) is 4.70. The van der Waals surface area contributed by atoms with Gasteiger partial charge in [-0.2, -0.15) is 0 Å². The number of aromatic nitrogens is 1. The summed E-state index contributed by atoms with van der Waals surface area (Å²) in [5, 5.41) is 11.6. The quantitative estimate of drug-likeness (QED) is 0.830. The van der Waals surface area contributed by atoms with E-state index >= 15 is 0 Å². The van der Waals surface area contributed by atoms with Crippen LogP contribution in [0, 0.1) is 25.7 Å². The first-order chi connectivity index (χ1) is 10.1. The standard InChI is InChI=1S/C17H16N2O2/c1-12-5-6-16(14(8-12)4-3-7-20)17(21)19-15-9-13(2)10-18-11-15/h5-6,8-11,20H,7H2,1-2H3,(H,19,21). The van der Waals surface area contributed by atoms with Gasteiger partial charge >= 0.3 is 0 Å². The van der Waals surface area contributed by atoms with E-state index in [1.165, 1.54) is 0 Å². The van der Waals surface area contributed by atoms with Crippen molar-refractivity contribution in [2.75, 3.05) is 11.9 Å². The summed E-state index contributed by atoms with van der Waals surface area (Å²) in [7, 11) is 0. The Hall–Kier alpha value is -2.64. The highest BCUT2D eigenvalue weighted by molar-refractivity contribution is 6.06. The number of carbonyl (C=O) groups is 1. The summed E-state index contributed by atoms with van der Waals surface area (Å²) >= 11 is 0. The van der Waals surface area contributed by atoms with Crippen molar-refractivity contribution in [3.63, 3.8) is 0 Å². The zero-order valence-corrected chi connectivity index (χ0v) is 12.0. The van der Waals surface area contributed by atoms with Gasteiger partial charge in [-0.3, -0.25) is 9.78 Å². The number of nitrogens with one attached hydrogen (secondary N) is 1. The van der Waals surface area contributed by atoms with Crippen LogP contribution >= 0.6 is 0 Å². The van der Waals surface area contributed by atoms with Crippen molar-refractivity contribution in [3.05, 3.63) is 58.9 Å².